The maximum Gasteiger partial charge on any atom is 0.159 e. The second kappa shape index (κ2) is 15.0. The topological polar surface area (TPSA) is 29.4 Å². The third-order valence-electron chi connectivity index (χ3n) is 5.01. The predicted molar refractivity (Wildman–Crippen MR) is 137 cm³/mol. The largest absolute Gasteiger partial charge is 0.295 e. The van der Waals surface area contributed by atoms with Crippen LogP contribution in [0.5, 0.6) is 0 Å². The first-order valence-electron chi connectivity index (χ1n) is 11.8. The molecule has 0 aromatic heterocycles. The number of hydrogen-bond acceptors (Lipinski definition) is 2. The SMILES string of the molecule is CC(=O)c1cccc(C2CC2)c1.CCC.CCCCC(CC)=Nc1ccc(Cl)cc1C. The van der Waals surface area contributed by atoms with Crippen LogP contribution in [0.3, 0.4) is 0 Å². The van der Waals surface area contributed by atoms with Crippen molar-refractivity contribution in [1.29, 1.82) is 0 Å². The van der Waals surface area contributed by atoms with Crippen LogP contribution in [0, 0.1) is 6.92 Å². The van der Waals surface area contributed by atoms with E-state index in [1.807, 2.05) is 36.4 Å². The highest BCUT2D eigenvalue weighted by atomic mass is 35.5. The summed E-state index contributed by atoms with van der Waals surface area (Å²) in [5.41, 5.74) is 5.67. The fourth-order valence-electron chi connectivity index (χ4n) is 3.04. The van der Waals surface area contributed by atoms with Crippen molar-refractivity contribution >= 4 is 28.8 Å². The number of aryl methyl sites for hydroxylation is 1. The summed E-state index contributed by atoms with van der Waals surface area (Å²) in [6.07, 6.45) is 8.41. The summed E-state index contributed by atoms with van der Waals surface area (Å²) in [5.74, 6) is 0.904. The number of Topliss-reactive ketones (excluding diaryl/α,β-unsaturated/α-hetero) is 1. The van der Waals surface area contributed by atoms with Gasteiger partial charge in [-0.1, -0.05) is 70.3 Å². The zero-order chi connectivity index (χ0) is 23.2. The van der Waals surface area contributed by atoms with Gasteiger partial charge in [0.1, 0.15) is 0 Å². The maximum absolute atomic E-state index is 11.0. The minimum absolute atomic E-state index is 0.164. The summed E-state index contributed by atoms with van der Waals surface area (Å²) < 4.78 is 0. The molecule has 0 atom stereocenters. The van der Waals surface area contributed by atoms with E-state index in [1.165, 1.54) is 43.4 Å². The number of carbonyl (C=O) groups is 1. The van der Waals surface area contributed by atoms with Crippen LogP contribution in [0.4, 0.5) is 5.69 Å². The zero-order valence-electron chi connectivity index (χ0n) is 20.3. The molecule has 2 aromatic carbocycles. The van der Waals surface area contributed by atoms with Crippen molar-refractivity contribution in [3.8, 4) is 0 Å². The van der Waals surface area contributed by atoms with Gasteiger partial charge >= 0.3 is 0 Å². The van der Waals surface area contributed by atoms with Crippen molar-refractivity contribution in [3.05, 3.63) is 64.2 Å². The first kappa shape index (κ1) is 27.1. The Morgan fingerprint density at radius 1 is 1.06 bits per heavy atom. The normalized spacial score (nSPS) is 12.9. The molecule has 0 unspecified atom stereocenters. The summed E-state index contributed by atoms with van der Waals surface area (Å²) in [7, 11) is 0. The van der Waals surface area contributed by atoms with Crippen LogP contribution in [0.1, 0.15) is 107 Å². The maximum atomic E-state index is 11.0. The van der Waals surface area contributed by atoms with E-state index in [1.54, 1.807) is 6.92 Å². The van der Waals surface area contributed by atoms with Gasteiger partial charge in [0.15, 0.2) is 5.78 Å². The first-order chi connectivity index (χ1) is 14.9. The Kier molecular flexibility index (Phi) is 13.1. The molecule has 0 aliphatic heterocycles. The highest BCUT2D eigenvalue weighted by molar-refractivity contribution is 6.30. The molecule has 3 rings (SSSR count). The van der Waals surface area contributed by atoms with E-state index in [-0.39, 0.29) is 5.78 Å². The number of halogens is 1. The van der Waals surface area contributed by atoms with Crippen molar-refractivity contribution in [1.82, 2.24) is 0 Å². The fraction of sp³-hybridized carbons (Fsp3) is 0.500. The Morgan fingerprint density at radius 3 is 2.26 bits per heavy atom. The number of rotatable bonds is 7. The van der Waals surface area contributed by atoms with Gasteiger partial charge in [0.2, 0.25) is 0 Å². The lowest BCUT2D eigenvalue weighted by Crippen LogP contribution is -1.95. The molecule has 170 valence electrons. The van der Waals surface area contributed by atoms with Gasteiger partial charge in [0.25, 0.3) is 0 Å². The Labute approximate surface area is 195 Å². The molecule has 2 aromatic rings. The van der Waals surface area contributed by atoms with E-state index in [0.717, 1.165) is 40.6 Å². The molecule has 0 radical (unpaired) electrons. The Hall–Kier alpha value is -1.93. The average molecular weight is 442 g/mol. The molecule has 3 heteroatoms. The quantitative estimate of drug-likeness (QED) is 0.310. The van der Waals surface area contributed by atoms with Crippen LogP contribution >= 0.6 is 11.6 Å². The molecule has 0 saturated heterocycles. The van der Waals surface area contributed by atoms with Gasteiger partial charge in [-0.05, 0) is 87.3 Å². The molecular formula is C28H40ClNO. The van der Waals surface area contributed by atoms with Crippen LogP contribution < -0.4 is 0 Å². The number of benzene rings is 2. The molecule has 2 nitrogen and oxygen atoms in total. The summed E-state index contributed by atoms with van der Waals surface area (Å²) in [4.78, 5) is 15.8. The van der Waals surface area contributed by atoms with Gasteiger partial charge in [-0.25, -0.2) is 0 Å². The molecule has 0 heterocycles. The number of unbranched alkanes of at least 4 members (excludes halogenated alkanes) is 1. The van der Waals surface area contributed by atoms with E-state index in [4.69, 9.17) is 16.6 Å². The standard InChI is InChI=1S/C14H20ClN.C11H12O.C3H8/c1-4-6-7-13(5-2)16-14-9-8-12(15)10-11(14)3;1-8(12)10-3-2-4-11(7-10)9-5-6-9;1-3-2/h8-10H,4-7H2,1-3H3;2-4,7,9H,5-6H2,1H3;3H2,1-2H3. The number of nitrogens with zero attached hydrogens (tertiary/aromatic N) is 1. The van der Waals surface area contributed by atoms with E-state index >= 15 is 0 Å². The molecular weight excluding hydrogens is 402 g/mol. The zero-order valence-corrected chi connectivity index (χ0v) is 21.1. The number of carbonyl (C=O) groups excluding carboxylic acids is 1. The molecule has 0 spiro atoms. The molecule has 0 bridgehead atoms. The van der Waals surface area contributed by atoms with Crippen molar-refractivity contribution in [2.24, 2.45) is 4.99 Å². The fourth-order valence-corrected chi connectivity index (χ4v) is 3.26. The van der Waals surface area contributed by atoms with Gasteiger partial charge in [-0.15, -0.1) is 0 Å². The van der Waals surface area contributed by atoms with Crippen LogP contribution in [-0.4, -0.2) is 11.5 Å². The van der Waals surface area contributed by atoms with E-state index in [0.29, 0.717) is 0 Å². The van der Waals surface area contributed by atoms with Gasteiger partial charge in [-0.2, -0.15) is 0 Å². The highest BCUT2D eigenvalue weighted by Crippen LogP contribution is 2.40. The van der Waals surface area contributed by atoms with Crippen LogP contribution in [0.2, 0.25) is 5.02 Å². The summed E-state index contributed by atoms with van der Waals surface area (Å²) in [5, 5.41) is 0.781. The highest BCUT2D eigenvalue weighted by Gasteiger charge is 2.23. The van der Waals surface area contributed by atoms with Crippen LogP contribution in [-0.2, 0) is 0 Å². The molecule has 1 fully saturated rings. The van der Waals surface area contributed by atoms with Crippen molar-refractivity contribution in [3.63, 3.8) is 0 Å². The molecule has 1 aliphatic carbocycles. The van der Waals surface area contributed by atoms with Gasteiger partial charge in [0.05, 0.1) is 5.69 Å². The van der Waals surface area contributed by atoms with Gasteiger partial charge < -0.3 is 0 Å². The third kappa shape index (κ3) is 10.8. The molecule has 0 amide bonds. The van der Waals surface area contributed by atoms with E-state index < -0.39 is 0 Å². The minimum Gasteiger partial charge on any atom is -0.295 e. The average Bonchev–Trinajstić information content (AvgIpc) is 3.59. The third-order valence-corrected chi connectivity index (χ3v) is 5.24. The lowest BCUT2D eigenvalue weighted by atomic mass is 10.1. The lowest BCUT2D eigenvalue weighted by molar-refractivity contribution is 0.101. The molecule has 31 heavy (non-hydrogen) atoms. The number of ketones is 1. The van der Waals surface area contributed by atoms with Gasteiger partial charge in [-0.3, -0.25) is 9.79 Å². The Bertz CT molecular complexity index is 837. The van der Waals surface area contributed by atoms with E-state index in [2.05, 4.69) is 40.7 Å². The predicted octanol–water partition coefficient (Wildman–Crippen LogP) is 9.50. The monoisotopic (exact) mass is 441 g/mol. The molecule has 1 saturated carbocycles. The van der Waals surface area contributed by atoms with Crippen LogP contribution in [0.15, 0.2) is 47.5 Å². The Morgan fingerprint density at radius 2 is 1.74 bits per heavy atom. The summed E-state index contributed by atoms with van der Waals surface area (Å²) >= 11 is 5.92. The van der Waals surface area contributed by atoms with Gasteiger partial charge in [0, 0.05) is 16.3 Å². The number of hydrogen-bond donors (Lipinski definition) is 0. The molecule has 1 aliphatic rings. The summed E-state index contributed by atoms with van der Waals surface area (Å²) in [6, 6.07) is 13.9. The minimum atomic E-state index is 0.164. The van der Waals surface area contributed by atoms with Crippen LogP contribution in [0.25, 0.3) is 0 Å². The van der Waals surface area contributed by atoms with E-state index in [9.17, 15) is 4.79 Å². The lowest BCUT2D eigenvalue weighted by Gasteiger charge is -2.05. The summed E-state index contributed by atoms with van der Waals surface area (Å²) in [6.45, 7) is 12.3. The first-order valence-corrected chi connectivity index (χ1v) is 12.2. The number of aliphatic imine (C=N–C) groups is 1. The smallest absolute Gasteiger partial charge is 0.159 e. The Balaban J connectivity index is 0.000000282. The second-order valence-corrected chi connectivity index (χ2v) is 8.67. The van der Waals surface area contributed by atoms with Crippen molar-refractivity contribution in [2.45, 2.75) is 92.4 Å². The van der Waals surface area contributed by atoms with Crippen molar-refractivity contribution < 1.29 is 4.79 Å². The second-order valence-electron chi connectivity index (χ2n) is 8.23. The van der Waals surface area contributed by atoms with Crippen molar-refractivity contribution in [2.75, 3.05) is 0 Å². The molecule has 0 N–H and O–H groups in total.